The Balaban J connectivity index is 2.13. The van der Waals surface area contributed by atoms with E-state index in [0.29, 0.717) is 24.7 Å². The normalized spacial score (nSPS) is 17.8. The van der Waals surface area contributed by atoms with E-state index in [4.69, 9.17) is 19.3 Å². The maximum atomic E-state index is 12.3. The van der Waals surface area contributed by atoms with Gasteiger partial charge >= 0.3 is 5.97 Å². The fourth-order valence-electron chi connectivity index (χ4n) is 2.40. The molecular formula is C17H21NO6. The van der Waals surface area contributed by atoms with Gasteiger partial charge in [-0.3, -0.25) is 4.79 Å². The lowest BCUT2D eigenvalue weighted by Crippen LogP contribution is -2.52. The monoisotopic (exact) mass is 335 g/mol. The number of aliphatic carboxylic acids is 1. The number of hydrogen-bond acceptors (Lipinski definition) is 5. The predicted molar refractivity (Wildman–Crippen MR) is 87.2 cm³/mol. The Morgan fingerprint density at radius 3 is 2.88 bits per heavy atom. The van der Waals surface area contributed by atoms with E-state index in [1.54, 1.807) is 31.4 Å². The Bertz CT molecular complexity index is 628. The zero-order valence-corrected chi connectivity index (χ0v) is 13.7. The molecule has 24 heavy (non-hydrogen) atoms. The lowest BCUT2D eigenvalue weighted by atomic mass is 10.1. The van der Waals surface area contributed by atoms with Crippen LogP contribution in [0, 0.1) is 0 Å². The van der Waals surface area contributed by atoms with E-state index in [1.165, 1.54) is 11.0 Å². The first-order valence-corrected chi connectivity index (χ1v) is 7.67. The van der Waals surface area contributed by atoms with Gasteiger partial charge in [0.25, 0.3) is 0 Å². The third kappa shape index (κ3) is 4.26. The van der Waals surface area contributed by atoms with Crippen LogP contribution in [0.5, 0.6) is 11.5 Å². The molecule has 0 radical (unpaired) electrons. The first kappa shape index (κ1) is 17.8. The molecule has 1 amide bonds. The molecule has 1 heterocycles. The lowest BCUT2D eigenvalue weighted by Gasteiger charge is -2.32. The van der Waals surface area contributed by atoms with Crippen LogP contribution in [0.25, 0.3) is 6.08 Å². The van der Waals surface area contributed by atoms with Gasteiger partial charge in [0.05, 0.1) is 26.9 Å². The lowest BCUT2D eigenvalue weighted by molar-refractivity contribution is -0.156. The molecule has 0 aliphatic carbocycles. The molecule has 7 nitrogen and oxygen atoms in total. The molecule has 0 spiro atoms. The molecule has 1 N–H and O–H groups in total. The van der Waals surface area contributed by atoms with Crippen LogP contribution < -0.4 is 9.47 Å². The third-order valence-electron chi connectivity index (χ3n) is 3.60. The number of nitrogens with zero attached hydrogens (tertiary/aromatic N) is 1. The van der Waals surface area contributed by atoms with Crippen molar-refractivity contribution in [3.8, 4) is 11.5 Å². The number of carboxylic acids is 1. The third-order valence-corrected chi connectivity index (χ3v) is 3.60. The summed E-state index contributed by atoms with van der Waals surface area (Å²) in [5.74, 6) is -0.233. The highest BCUT2D eigenvalue weighted by Gasteiger charge is 2.31. The Morgan fingerprint density at radius 2 is 2.21 bits per heavy atom. The van der Waals surface area contributed by atoms with E-state index >= 15 is 0 Å². The minimum absolute atomic E-state index is 0.00589. The number of ether oxygens (including phenoxy) is 3. The highest BCUT2D eigenvalue weighted by Crippen LogP contribution is 2.28. The van der Waals surface area contributed by atoms with Crippen molar-refractivity contribution in [2.75, 3.05) is 33.5 Å². The largest absolute Gasteiger partial charge is 0.493 e. The summed E-state index contributed by atoms with van der Waals surface area (Å²) in [6.45, 7) is 2.96. The summed E-state index contributed by atoms with van der Waals surface area (Å²) in [7, 11) is 1.56. The van der Waals surface area contributed by atoms with Gasteiger partial charge in [0.1, 0.15) is 0 Å². The van der Waals surface area contributed by atoms with Gasteiger partial charge in [-0.25, -0.2) is 4.79 Å². The van der Waals surface area contributed by atoms with Crippen LogP contribution >= 0.6 is 0 Å². The van der Waals surface area contributed by atoms with Gasteiger partial charge < -0.3 is 24.2 Å². The van der Waals surface area contributed by atoms with Crippen molar-refractivity contribution in [1.29, 1.82) is 0 Å². The summed E-state index contributed by atoms with van der Waals surface area (Å²) >= 11 is 0. The van der Waals surface area contributed by atoms with Crippen molar-refractivity contribution in [1.82, 2.24) is 4.90 Å². The highest BCUT2D eigenvalue weighted by atomic mass is 16.5. The van der Waals surface area contributed by atoms with E-state index in [9.17, 15) is 9.59 Å². The minimum Gasteiger partial charge on any atom is -0.493 e. The molecule has 1 saturated heterocycles. The van der Waals surface area contributed by atoms with Gasteiger partial charge in [0.15, 0.2) is 17.5 Å². The molecule has 0 aromatic heterocycles. The van der Waals surface area contributed by atoms with Gasteiger partial charge in [0.2, 0.25) is 5.91 Å². The molecule has 0 bridgehead atoms. The summed E-state index contributed by atoms with van der Waals surface area (Å²) in [6.07, 6.45) is 2.98. The Labute approximate surface area is 140 Å². The molecule has 0 saturated carbocycles. The fraction of sp³-hybridized carbons (Fsp3) is 0.412. The molecule has 1 unspecified atom stereocenters. The van der Waals surface area contributed by atoms with E-state index < -0.39 is 12.0 Å². The highest BCUT2D eigenvalue weighted by molar-refractivity contribution is 5.94. The van der Waals surface area contributed by atoms with Crippen molar-refractivity contribution < 1.29 is 28.9 Å². The van der Waals surface area contributed by atoms with Crippen molar-refractivity contribution in [2.24, 2.45) is 0 Å². The number of benzene rings is 1. The second-order valence-electron chi connectivity index (χ2n) is 5.14. The van der Waals surface area contributed by atoms with Crippen LogP contribution in [0.3, 0.4) is 0 Å². The maximum Gasteiger partial charge on any atom is 0.328 e. The van der Waals surface area contributed by atoms with Crippen molar-refractivity contribution in [3.05, 3.63) is 29.8 Å². The summed E-state index contributed by atoms with van der Waals surface area (Å²) in [5.41, 5.74) is 0.757. The number of amides is 1. The molecule has 1 atom stereocenters. The molecule has 7 heteroatoms. The van der Waals surface area contributed by atoms with E-state index in [2.05, 4.69) is 0 Å². The van der Waals surface area contributed by atoms with Crippen LogP contribution in [0.1, 0.15) is 12.5 Å². The summed E-state index contributed by atoms with van der Waals surface area (Å²) in [5, 5.41) is 9.17. The van der Waals surface area contributed by atoms with Crippen molar-refractivity contribution in [3.63, 3.8) is 0 Å². The zero-order chi connectivity index (χ0) is 17.5. The smallest absolute Gasteiger partial charge is 0.328 e. The van der Waals surface area contributed by atoms with Crippen molar-refractivity contribution in [2.45, 2.75) is 13.0 Å². The van der Waals surface area contributed by atoms with Gasteiger partial charge in [-0.05, 0) is 30.7 Å². The Morgan fingerprint density at radius 1 is 1.42 bits per heavy atom. The van der Waals surface area contributed by atoms with Gasteiger partial charge in [-0.15, -0.1) is 0 Å². The maximum absolute atomic E-state index is 12.3. The first-order chi connectivity index (χ1) is 11.6. The summed E-state index contributed by atoms with van der Waals surface area (Å²) in [6, 6.07) is 4.36. The molecule has 1 fully saturated rings. The average molecular weight is 335 g/mol. The van der Waals surface area contributed by atoms with Crippen LogP contribution in [-0.2, 0) is 14.3 Å². The van der Waals surface area contributed by atoms with Crippen LogP contribution in [0.2, 0.25) is 0 Å². The molecule has 130 valence electrons. The second-order valence-corrected chi connectivity index (χ2v) is 5.14. The van der Waals surface area contributed by atoms with Crippen LogP contribution in [0.15, 0.2) is 24.3 Å². The van der Waals surface area contributed by atoms with E-state index in [-0.39, 0.29) is 19.1 Å². The number of morpholine rings is 1. The summed E-state index contributed by atoms with van der Waals surface area (Å²) in [4.78, 5) is 24.8. The minimum atomic E-state index is -1.07. The second kappa shape index (κ2) is 8.35. The molecule has 1 aliphatic rings. The van der Waals surface area contributed by atoms with Crippen LogP contribution in [0.4, 0.5) is 0 Å². The Kier molecular flexibility index (Phi) is 6.20. The first-order valence-electron chi connectivity index (χ1n) is 7.67. The van der Waals surface area contributed by atoms with Crippen molar-refractivity contribution >= 4 is 18.0 Å². The quantitative estimate of drug-likeness (QED) is 0.792. The standard InChI is InChI=1S/C17H21NO6/c1-3-24-15-10-12(4-6-14(15)22-2)5-7-16(19)18-8-9-23-11-13(18)17(20)21/h4-7,10,13H,3,8-9,11H2,1-2H3,(H,20,21). The molecule has 1 aromatic rings. The van der Waals surface area contributed by atoms with Gasteiger partial charge in [-0.1, -0.05) is 6.07 Å². The van der Waals surface area contributed by atoms with Gasteiger partial charge in [-0.2, -0.15) is 0 Å². The average Bonchev–Trinajstić information content (AvgIpc) is 2.60. The Hall–Kier alpha value is -2.54. The number of carbonyl (C=O) groups excluding carboxylic acids is 1. The molecule has 1 aliphatic heterocycles. The number of hydrogen-bond donors (Lipinski definition) is 1. The number of methoxy groups -OCH3 is 1. The van der Waals surface area contributed by atoms with E-state index in [0.717, 1.165) is 5.56 Å². The van der Waals surface area contributed by atoms with Gasteiger partial charge in [0, 0.05) is 12.6 Å². The van der Waals surface area contributed by atoms with Crippen LogP contribution in [-0.4, -0.2) is 61.4 Å². The SMILES string of the molecule is CCOc1cc(C=CC(=O)N2CCOCC2C(=O)O)ccc1OC. The topological polar surface area (TPSA) is 85.3 Å². The number of carboxylic acid groups (broad SMARTS) is 1. The molecule has 1 aromatic carbocycles. The van der Waals surface area contributed by atoms with E-state index in [1.807, 2.05) is 6.92 Å². The fourth-order valence-corrected chi connectivity index (χ4v) is 2.40. The number of rotatable bonds is 6. The molecular weight excluding hydrogens is 314 g/mol. The summed E-state index contributed by atoms with van der Waals surface area (Å²) < 4.78 is 15.8. The predicted octanol–water partition coefficient (Wildman–Crippen LogP) is 1.42. The number of carbonyl (C=O) groups is 2. The zero-order valence-electron chi connectivity index (χ0n) is 13.7. The molecule has 2 rings (SSSR count).